The van der Waals surface area contributed by atoms with Crippen molar-refractivity contribution in [2.75, 3.05) is 24.4 Å². The molecule has 4 N–H and O–H groups in total. The van der Waals surface area contributed by atoms with E-state index in [1.165, 1.54) is 48.4 Å². The van der Waals surface area contributed by atoms with Gasteiger partial charge in [-0.25, -0.2) is 4.98 Å². The van der Waals surface area contributed by atoms with Crippen LogP contribution in [-0.2, 0) is 9.59 Å². The molecule has 0 aliphatic rings. The standard InChI is InChI=1S/C36H34N4O6S2/c1-4-31(35(44)40-36-39-28-17-16-26(46-5-2)21-32(28)48-36)47-27-13-9-12-24(19-27)37-34(43)29(38-33(42)22-10-7-6-8-11-22)18-23-14-15-25(41)20-30(23)45-3/h6-21,31,41H,4-5H2,1-3H3,(H,37,43)(H,38,42)(H,39,40,44)/b29-18+. The fourth-order valence-corrected chi connectivity index (χ4v) is 6.56. The first kappa shape index (κ1) is 34.0. The molecule has 4 aromatic carbocycles. The molecule has 5 rings (SSSR count). The highest BCUT2D eigenvalue weighted by molar-refractivity contribution is 8.00. The van der Waals surface area contributed by atoms with Crippen LogP contribution >= 0.6 is 23.1 Å². The number of carbonyl (C=O) groups excluding carboxylic acids is 3. The summed E-state index contributed by atoms with van der Waals surface area (Å²) >= 11 is 2.75. The normalized spacial score (nSPS) is 11.9. The topological polar surface area (TPSA) is 139 Å². The Labute approximate surface area is 286 Å². The zero-order chi connectivity index (χ0) is 34.0. The molecule has 0 bridgehead atoms. The van der Waals surface area contributed by atoms with Gasteiger partial charge >= 0.3 is 0 Å². The van der Waals surface area contributed by atoms with Gasteiger partial charge in [-0.1, -0.05) is 42.5 Å². The number of hydrogen-bond acceptors (Lipinski definition) is 9. The summed E-state index contributed by atoms with van der Waals surface area (Å²) < 4.78 is 11.9. The van der Waals surface area contributed by atoms with Crippen molar-refractivity contribution >= 4 is 67.9 Å². The number of hydrogen-bond donors (Lipinski definition) is 4. The molecule has 0 saturated carbocycles. The number of nitrogens with zero attached hydrogens (tertiary/aromatic N) is 1. The molecule has 0 saturated heterocycles. The van der Waals surface area contributed by atoms with Gasteiger partial charge in [-0.2, -0.15) is 0 Å². The largest absolute Gasteiger partial charge is 0.508 e. The Bertz CT molecular complexity index is 1960. The van der Waals surface area contributed by atoms with E-state index in [4.69, 9.17) is 9.47 Å². The molecule has 10 nitrogen and oxygen atoms in total. The Morgan fingerprint density at radius 3 is 2.52 bits per heavy atom. The van der Waals surface area contributed by atoms with E-state index in [0.717, 1.165) is 20.9 Å². The number of aromatic nitrogens is 1. The Morgan fingerprint density at radius 1 is 0.958 bits per heavy atom. The molecule has 0 fully saturated rings. The highest BCUT2D eigenvalue weighted by Gasteiger charge is 2.21. The molecule has 1 atom stereocenters. The van der Waals surface area contributed by atoms with Gasteiger partial charge in [0.1, 0.15) is 22.9 Å². The molecule has 1 unspecified atom stereocenters. The van der Waals surface area contributed by atoms with Crippen LogP contribution < -0.4 is 25.4 Å². The second-order valence-corrected chi connectivity index (χ2v) is 12.7. The molecule has 0 radical (unpaired) electrons. The number of thiazole rings is 1. The Morgan fingerprint density at radius 2 is 1.77 bits per heavy atom. The maximum atomic E-state index is 13.6. The molecule has 12 heteroatoms. The van der Waals surface area contributed by atoms with Crippen molar-refractivity contribution in [2.45, 2.75) is 30.4 Å². The fraction of sp³-hybridized carbons (Fsp3) is 0.167. The average molecular weight is 683 g/mol. The zero-order valence-corrected chi connectivity index (χ0v) is 28.1. The van der Waals surface area contributed by atoms with Crippen molar-refractivity contribution in [1.82, 2.24) is 10.3 Å². The van der Waals surface area contributed by atoms with Crippen molar-refractivity contribution in [3.05, 3.63) is 108 Å². The number of methoxy groups -OCH3 is 1. The van der Waals surface area contributed by atoms with Crippen LogP contribution in [0.1, 0.15) is 36.2 Å². The number of rotatable bonds is 13. The minimum Gasteiger partial charge on any atom is -0.508 e. The van der Waals surface area contributed by atoms with E-state index >= 15 is 0 Å². The number of carbonyl (C=O) groups is 3. The van der Waals surface area contributed by atoms with Gasteiger partial charge in [0.15, 0.2) is 5.13 Å². The lowest BCUT2D eigenvalue weighted by Crippen LogP contribution is -2.30. The van der Waals surface area contributed by atoms with E-state index in [-0.39, 0.29) is 17.4 Å². The van der Waals surface area contributed by atoms with E-state index in [1.54, 1.807) is 54.6 Å². The number of ether oxygens (including phenoxy) is 2. The van der Waals surface area contributed by atoms with Crippen LogP contribution in [-0.4, -0.2) is 46.8 Å². The van der Waals surface area contributed by atoms with Crippen LogP contribution in [0.15, 0.2) is 102 Å². The predicted molar refractivity (Wildman–Crippen MR) is 191 cm³/mol. The first-order chi connectivity index (χ1) is 23.3. The predicted octanol–water partition coefficient (Wildman–Crippen LogP) is 7.33. The lowest BCUT2D eigenvalue weighted by molar-refractivity contribution is -0.116. The summed E-state index contributed by atoms with van der Waals surface area (Å²) in [6.07, 6.45) is 2.03. The molecule has 0 aliphatic heterocycles. The van der Waals surface area contributed by atoms with Gasteiger partial charge in [0.05, 0.1) is 29.2 Å². The average Bonchev–Trinajstić information content (AvgIpc) is 3.49. The summed E-state index contributed by atoms with van der Waals surface area (Å²) in [5.41, 5.74) is 2.05. The monoisotopic (exact) mass is 682 g/mol. The number of anilines is 2. The van der Waals surface area contributed by atoms with Crippen LogP contribution in [0.5, 0.6) is 17.2 Å². The number of phenols is 1. The molecule has 0 spiro atoms. The van der Waals surface area contributed by atoms with Crippen LogP contribution in [0.3, 0.4) is 0 Å². The van der Waals surface area contributed by atoms with Crippen LogP contribution in [0, 0.1) is 0 Å². The van der Waals surface area contributed by atoms with Crippen molar-refractivity contribution in [2.24, 2.45) is 0 Å². The SMILES string of the molecule is CCOc1ccc2nc(NC(=O)C(CC)Sc3cccc(NC(=O)/C(=C\c4ccc(O)cc4OC)NC(=O)c4ccccc4)c3)sc2c1. The summed E-state index contributed by atoms with van der Waals surface area (Å²) in [7, 11) is 1.44. The molecule has 5 aromatic rings. The van der Waals surface area contributed by atoms with Crippen molar-refractivity contribution in [1.29, 1.82) is 0 Å². The molecule has 0 aliphatic carbocycles. The quantitative estimate of drug-likeness (QED) is 0.0748. The first-order valence-corrected chi connectivity index (χ1v) is 16.8. The fourth-order valence-electron chi connectivity index (χ4n) is 4.65. The molecule has 246 valence electrons. The summed E-state index contributed by atoms with van der Waals surface area (Å²) in [5, 5.41) is 18.5. The first-order valence-electron chi connectivity index (χ1n) is 15.1. The number of benzene rings is 4. The van der Waals surface area contributed by atoms with E-state index < -0.39 is 17.1 Å². The van der Waals surface area contributed by atoms with Crippen molar-refractivity contribution < 1.29 is 29.0 Å². The lowest BCUT2D eigenvalue weighted by atomic mass is 10.1. The Balaban J connectivity index is 1.31. The third kappa shape index (κ3) is 8.72. The van der Waals surface area contributed by atoms with Crippen molar-refractivity contribution in [3.8, 4) is 17.2 Å². The van der Waals surface area contributed by atoms with Crippen LogP contribution in [0.2, 0.25) is 0 Å². The van der Waals surface area contributed by atoms with Gasteiger partial charge in [-0.05, 0) is 80.1 Å². The van der Waals surface area contributed by atoms with E-state index in [0.29, 0.717) is 40.7 Å². The Hall–Kier alpha value is -5.33. The highest BCUT2D eigenvalue weighted by atomic mass is 32.2. The molecular weight excluding hydrogens is 649 g/mol. The van der Waals surface area contributed by atoms with Gasteiger partial charge in [-0.15, -0.1) is 11.8 Å². The van der Waals surface area contributed by atoms with Gasteiger partial charge in [0, 0.05) is 27.8 Å². The third-order valence-corrected chi connectivity index (χ3v) is 9.27. The van der Waals surface area contributed by atoms with E-state index in [1.807, 2.05) is 38.1 Å². The van der Waals surface area contributed by atoms with E-state index in [9.17, 15) is 19.5 Å². The third-order valence-electron chi connectivity index (χ3n) is 6.98. The van der Waals surface area contributed by atoms with Gasteiger partial charge in [0.2, 0.25) is 5.91 Å². The number of nitrogens with one attached hydrogen (secondary N) is 3. The van der Waals surface area contributed by atoms with Gasteiger partial charge < -0.3 is 30.5 Å². The summed E-state index contributed by atoms with van der Waals surface area (Å²) in [5.74, 6) is -0.173. The minimum absolute atomic E-state index is 0.00659. The van der Waals surface area contributed by atoms with E-state index in [2.05, 4.69) is 20.9 Å². The number of thioether (sulfide) groups is 1. The second kappa shape index (κ2) is 16.0. The molecule has 48 heavy (non-hydrogen) atoms. The number of aromatic hydroxyl groups is 1. The smallest absolute Gasteiger partial charge is 0.272 e. The number of fused-ring (bicyclic) bond motifs is 1. The maximum Gasteiger partial charge on any atom is 0.272 e. The summed E-state index contributed by atoms with van der Waals surface area (Å²) in [6.45, 7) is 4.42. The van der Waals surface area contributed by atoms with Crippen molar-refractivity contribution in [3.63, 3.8) is 0 Å². The van der Waals surface area contributed by atoms with Crippen LogP contribution in [0.25, 0.3) is 16.3 Å². The molecular formula is C36H34N4O6S2. The van der Waals surface area contributed by atoms with Crippen LogP contribution in [0.4, 0.5) is 10.8 Å². The molecule has 1 heterocycles. The van der Waals surface area contributed by atoms with Gasteiger partial charge in [0.25, 0.3) is 11.8 Å². The van der Waals surface area contributed by atoms with Gasteiger partial charge in [-0.3, -0.25) is 14.4 Å². The second-order valence-electron chi connectivity index (χ2n) is 10.4. The summed E-state index contributed by atoms with van der Waals surface area (Å²) in [4.78, 5) is 45.3. The maximum absolute atomic E-state index is 13.6. The highest BCUT2D eigenvalue weighted by Crippen LogP contribution is 2.32. The zero-order valence-electron chi connectivity index (χ0n) is 26.5. The molecule has 1 aromatic heterocycles. The Kier molecular flexibility index (Phi) is 11.3. The number of phenolic OH excluding ortho intramolecular Hbond substituents is 1. The minimum atomic E-state index is -0.579. The summed E-state index contributed by atoms with van der Waals surface area (Å²) in [6, 6.07) is 25.7. The lowest BCUT2D eigenvalue weighted by Gasteiger charge is -2.15. The number of amides is 3. The molecule has 3 amide bonds.